The van der Waals surface area contributed by atoms with Gasteiger partial charge in [-0.15, -0.1) is 11.3 Å². The highest BCUT2D eigenvalue weighted by Crippen LogP contribution is 2.32. The predicted octanol–water partition coefficient (Wildman–Crippen LogP) is 3.42. The Labute approximate surface area is 104 Å². The van der Waals surface area contributed by atoms with E-state index < -0.39 is 0 Å². The number of thiophene rings is 1. The van der Waals surface area contributed by atoms with Gasteiger partial charge < -0.3 is 5.73 Å². The number of nitrogens with zero attached hydrogens (tertiary/aromatic N) is 1. The lowest BCUT2D eigenvalue weighted by Gasteiger charge is -2.03. The molecule has 17 heavy (non-hydrogen) atoms. The first-order chi connectivity index (χ1) is 8.38. The molecule has 0 bridgehead atoms. The normalized spacial score (nSPS) is 10.9. The second-order valence-electron chi connectivity index (χ2n) is 3.85. The maximum Gasteiger partial charge on any atom is 0.0708 e. The molecule has 0 spiro atoms. The molecule has 84 valence electrons. The number of nitrogens with two attached hydrogens (primary N) is 1. The molecule has 3 heteroatoms. The summed E-state index contributed by atoms with van der Waals surface area (Å²) in [5, 5.41) is 1.19. The van der Waals surface area contributed by atoms with E-state index in [0.29, 0.717) is 6.54 Å². The Balaban J connectivity index is 2.23. The minimum atomic E-state index is 0.605. The Morgan fingerprint density at radius 2 is 2.00 bits per heavy atom. The molecule has 3 rings (SSSR count). The fourth-order valence-corrected chi connectivity index (χ4v) is 2.88. The molecule has 0 saturated heterocycles. The van der Waals surface area contributed by atoms with Gasteiger partial charge in [0, 0.05) is 33.4 Å². The van der Waals surface area contributed by atoms with E-state index in [-0.39, 0.29) is 0 Å². The quantitative estimate of drug-likeness (QED) is 0.745. The summed E-state index contributed by atoms with van der Waals surface area (Å²) in [5.41, 5.74) is 7.92. The maximum absolute atomic E-state index is 5.65. The van der Waals surface area contributed by atoms with Crippen LogP contribution >= 0.6 is 11.3 Å². The third-order valence-corrected chi connectivity index (χ3v) is 3.91. The van der Waals surface area contributed by atoms with Gasteiger partial charge >= 0.3 is 0 Å². The minimum Gasteiger partial charge on any atom is -0.326 e. The minimum absolute atomic E-state index is 0.605. The van der Waals surface area contributed by atoms with Gasteiger partial charge in [0.1, 0.15) is 0 Å². The van der Waals surface area contributed by atoms with Crippen LogP contribution in [0, 0.1) is 0 Å². The van der Waals surface area contributed by atoms with Crippen LogP contribution in [-0.4, -0.2) is 4.98 Å². The first-order valence-electron chi connectivity index (χ1n) is 5.51. The molecule has 3 aromatic rings. The number of fused-ring (bicyclic) bond motifs is 1. The Kier molecular flexibility index (Phi) is 2.63. The lowest BCUT2D eigenvalue weighted by atomic mass is 10.1. The molecule has 0 amide bonds. The second-order valence-corrected chi connectivity index (χ2v) is 5.01. The van der Waals surface area contributed by atoms with E-state index in [1.54, 1.807) is 11.3 Å². The number of aromatic nitrogens is 1. The lowest BCUT2D eigenvalue weighted by Crippen LogP contribution is -1.91. The highest BCUT2D eigenvalue weighted by molar-refractivity contribution is 7.15. The molecule has 0 radical (unpaired) electrons. The van der Waals surface area contributed by atoms with E-state index in [2.05, 4.69) is 29.2 Å². The van der Waals surface area contributed by atoms with Crippen molar-refractivity contribution >= 4 is 22.2 Å². The van der Waals surface area contributed by atoms with Gasteiger partial charge in [-0.3, -0.25) is 4.98 Å². The molecule has 0 aliphatic heterocycles. The summed E-state index contributed by atoms with van der Waals surface area (Å²) in [5.74, 6) is 0. The van der Waals surface area contributed by atoms with Crippen LogP contribution in [0.1, 0.15) is 4.88 Å². The van der Waals surface area contributed by atoms with Gasteiger partial charge in [-0.25, -0.2) is 0 Å². The van der Waals surface area contributed by atoms with Crippen molar-refractivity contribution in [1.29, 1.82) is 0 Å². The lowest BCUT2D eigenvalue weighted by molar-refractivity contribution is 1.11. The van der Waals surface area contributed by atoms with Crippen molar-refractivity contribution < 1.29 is 0 Å². The number of rotatable bonds is 2. The fourth-order valence-electron chi connectivity index (χ4n) is 1.95. The molecule has 2 nitrogen and oxygen atoms in total. The van der Waals surface area contributed by atoms with Gasteiger partial charge in [-0.1, -0.05) is 18.2 Å². The van der Waals surface area contributed by atoms with E-state index in [1.165, 1.54) is 20.7 Å². The fraction of sp³-hybridized carbons (Fsp3) is 0.0714. The van der Waals surface area contributed by atoms with Crippen molar-refractivity contribution in [2.24, 2.45) is 5.73 Å². The van der Waals surface area contributed by atoms with E-state index in [1.807, 2.05) is 24.4 Å². The average molecular weight is 240 g/mol. The third kappa shape index (κ3) is 1.84. The summed E-state index contributed by atoms with van der Waals surface area (Å²) < 4.78 is 0. The van der Waals surface area contributed by atoms with Crippen LogP contribution < -0.4 is 5.73 Å². The van der Waals surface area contributed by atoms with Crippen LogP contribution in [0.25, 0.3) is 21.3 Å². The highest BCUT2D eigenvalue weighted by Gasteiger charge is 2.06. The number of hydrogen-bond donors (Lipinski definition) is 1. The summed E-state index contributed by atoms with van der Waals surface area (Å²) in [6, 6.07) is 14.5. The van der Waals surface area contributed by atoms with Crippen molar-refractivity contribution in [3.05, 3.63) is 53.5 Å². The highest BCUT2D eigenvalue weighted by atomic mass is 32.1. The Morgan fingerprint density at radius 3 is 2.82 bits per heavy atom. The summed E-state index contributed by atoms with van der Waals surface area (Å²) in [6.07, 6.45) is 1.83. The Hall–Kier alpha value is -1.71. The van der Waals surface area contributed by atoms with Gasteiger partial charge in [0.25, 0.3) is 0 Å². The number of pyridine rings is 1. The zero-order chi connectivity index (χ0) is 11.7. The topological polar surface area (TPSA) is 38.9 Å². The summed E-state index contributed by atoms with van der Waals surface area (Å²) in [7, 11) is 0. The smallest absolute Gasteiger partial charge is 0.0708 e. The molecule has 0 aliphatic carbocycles. The van der Waals surface area contributed by atoms with Crippen LogP contribution in [0.5, 0.6) is 0 Å². The standard InChI is InChI=1S/C14H12N2S/c15-9-10-6-7-14(17-10)12-3-1-5-13-11(12)4-2-8-16-13/h1-8H,9,15H2. The molecule has 2 aromatic heterocycles. The predicted molar refractivity (Wildman–Crippen MR) is 72.9 cm³/mol. The first-order valence-corrected chi connectivity index (χ1v) is 6.33. The average Bonchev–Trinajstić information content (AvgIpc) is 2.87. The van der Waals surface area contributed by atoms with Gasteiger partial charge in [0.2, 0.25) is 0 Å². The van der Waals surface area contributed by atoms with Gasteiger partial charge in [0.15, 0.2) is 0 Å². The summed E-state index contributed by atoms with van der Waals surface area (Å²) >= 11 is 1.75. The van der Waals surface area contributed by atoms with Gasteiger partial charge in [-0.05, 0) is 24.3 Å². The summed E-state index contributed by atoms with van der Waals surface area (Å²) in [4.78, 5) is 6.84. The number of hydrogen-bond acceptors (Lipinski definition) is 3. The van der Waals surface area contributed by atoms with E-state index in [4.69, 9.17) is 5.73 Å². The van der Waals surface area contributed by atoms with Crippen molar-refractivity contribution in [2.45, 2.75) is 6.54 Å². The van der Waals surface area contributed by atoms with Crippen molar-refractivity contribution in [2.75, 3.05) is 0 Å². The second kappa shape index (κ2) is 4.28. The largest absolute Gasteiger partial charge is 0.326 e. The van der Waals surface area contributed by atoms with E-state index >= 15 is 0 Å². The molecule has 0 aliphatic rings. The molecule has 2 N–H and O–H groups in total. The molecular formula is C14H12N2S. The maximum atomic E-state index is 5.65. The van der Waals surface area contributed by atoms with Gasteiger partial charge in [-0.2, -0.15) is 0 Å². The molecule has 1 aromatic carbocycles. The molecule has 0 unspecified atom stereocenters. The van der Waals surface area contributed by atoms with Crippen molar-refractivity contribution in [3.8, 4) is 10.4 Å². The summed E-state index contributed by atoms with van der Waals surface area (Å²) in [6.45, 7) is 0.605. The van der Waals surface area contributed by atoms with Crippen molar-refractivity contribution in [1.82, 2.24) is 4.98 Å². The Bertz CT molecular complexity index is 653. The zero-order valence-corrected chi connectivity index (χ0v) is 10.1. The van der Waals surface area contributed by atoms with Crippen LogP contribution in [0.4, 0.5) is 0 Å². The van der Waals surface area contributed by atoms with E-state index in [0.717, 1.165) is 5.52 Å². The molecular weight excluding hydrogens is 228 g/mol. The van der Waals surface area contributed by atoms with Crippen molar-refractivity contribution in [3.63, 3.8) is 0 Å². The first kappa shape index (κ1) is 10.4. The molecule has 0 fully saturated rings. The van der Waals surface area contributed by atoms with Gasteiger partial charge in [0.05, 0.1) is 5.52 Å². The Morgan fingerprint density at radius 1 is 1.06 bits per heavy atom. The zero-order valence-electron chi connectivity index (χ0n) is 9.26. The van der Waals surface area contributed by atoms with E-state index in [9.17, 15) is 0 Å². The molecule has 2 heterocycles. The van der Waals surface area contributed by atoms with Crippen LogP contribution in [0.3, 0.4) is 0 Å². The van der Waals surface area contributed by atoms with Crippen LogP contribution in [0.2, 0.25) is 0 Å². The molecule has 0 atom stereocenters. The monoisotopic (exact) mass is 240 g/mol. The number of benzene rings is 1. The molecule has 0 saturated carbocycles. The SMILES string of the molecule is NCc1ccc(-c2cccc3ncccc23)s1. The van der Waals surface area contributed by atoms with Crippen LogP contribution in [0.15, 0.2) is 48.7 Å². The van der Waals surface area contributed by atoms with Crippen LogP contribution in [-0.2, 0) is 6.54 Å². The third-order valence-electron chi connectivity index (χ3n) is 2.77.